The molecule has 0 bridgehead atoms. The van der Waals surface area contributed by atoms with Gasteiger partial charge in [-0.1, -0.05) is 41.9 Å². The molecule has 0 aliphatic rings. The molecule has 0 spiro atoms. The van der Waals surface area contributed by atoms with Crippen LogP contribution in [0.15, 0.2) is 36.4 Å². The molecule has 1 heterocycles. The van der Waals surface area contributed by atoms with Gasteiger partial charge in [0.25, 0.3) is 0 Å². The Balaban J connectivity index is 2.45. The third kappa shape index (κ3) is 1.49. The molecule has 0 aliphatic carbocycles. The number of benzene rings is 1. The Morgan fingerprint density at radius 3 is 2.50 bits per heavy atom. The van der Waals surface area contributed by atoms with Crippen LogP contribution in [0.1, 0.15) is 0 Å². The van der Waals surface area contributed by atoms with Gasteiger partial charge in [-0.15, -0.1) is 0 Å². The van der Waals surface area contributed by atoms with E-state index < -0.39 is 0 Å². The van der Waals surface area contributed by atoms with Crippen molar-refractivity contribution in [2.45, 2.75) is 0 Å². The maximum Gasteiger partial charge on any atom is 0.114 e. The number of hydrogen-bond donors (Lipinski definition) is 0. The van der Waals surface area contributed by atoms with Crippen LogP contribution in [0.3, 0.4) is 0 Å². The van der Waals surface area contributed by atoms with Gasteiger partial charge in [0.05, 0.1) is 5.69 Å². The molecule has 0 radical (unpaired) electrons. The second kappa shape index (κ2) is 3.25. The smallest absolute Gasteiger partial charge is 0.114 e. The van der Waals surface area contributed by atoms with Crippen molar-refractivity contribution in [2.75, 3.05) is 0 Å². The summed E-state index contributed by atoms with van der Waals surface area (Å²) in [5.41, 5.74) is 2.06. The fraction of sp³-hybridized carbons (Fsp3) is 0. The Hall–Kier alpha value is -0.860. The van der Waals surface area contributed by atoms with Crippen molar-refractivity contribution in [3.63, 3.8) is 0 Å². The van der Waals surface area contributed by atoms with Crippen LogP contribution < -0.4 is 0 Å². The van der Waals surface area contributed by atoms with Gasteiger partial charge in [-0.25, -0.2) is 0 Å². The van der Waals surface area contributed by atoms with E-state index in [9.17, 15) is 0 Å². The topological polar surface area (TPSA) is 12.9 Å². The number of hydrogen-bond acceptors (Lipinski definition) is 2. The molecule has 60 valence electrons. The molecular formula is C9H6ClNS. The minimum absolute atomic E-state index is 0.730. The first kappa shape index (κ1) is 7.77. The van der Waals surface area contributed by atoms with Crippen LogP contribution >= 0.6 is 23.1 Å². The van der Waals surface area contributed by atoms with Crippen LogP contribution in [0.4, 0.5) is 0 Å². The van der Waals surface area contributed by atoms with Crippen molar-refractivity contribution >= 4 is 23.1 Å². The molecule has 0 amide bonds. The molecule has 12 heavy (non-hydrogen) atoms. The Morgan fingerprint density at radius 2 is 1.92 bits per heavy atom. The molecule has 0 saturated heterocycles. The lowest BCUT2D eigenvalue weighted by molar-refractivity contribution is 1.52. The summed E-state index contributed by atoms with van der Waals surface area (Å²) in [7, 11) is 0. The lowest BCUT2D eigenvalue weighted by Crippen LogP contribution is -1.72. The molecule has 0 N–H and O–H groups in total. The number of aromatic nitrogens is 1. The van der Waals surface area contributed by atoms with Gasteiger partial charge in [0.15, 0.2) is 0 Å². The summed E-state index contributed by atoms with van der Waals surface area (Å²) in [6.45, 7) is 0. The van der Waals surface area contributed by atoms with Gasteiger partial charge in [-0.3, -0.25) is 0 Å². The molecule has 0 atom stereocenters. The van der Waals surface area contributed by atoms with Gasteiger partial charge in [0.1, 0.15) is 4.34 Å². The largest absolute Gasteiger partial charge is 0.191 e. The first-order valence-electron chi connectivity index (χ1n) is 3.54. The zero-order valence-corrected chi connectivity index (χ0v) is 7.77. The molecule has 0 unspecified atom stereocenters. The van der Waals surface area contributed by atoms with E-state index in [-0.39, 0.29) is 0 Å². The Morgan fingerprint density at radius 1 is 1.17 bits per heavy atom. The van der Waals surface area contributed by atoms with Crippen molar-refractivity contribution in [2.24, 2.45) is 0 Å². The summed E-state index contributed by atoms with van der Waals surface area (Å²) in [5, 5.41) is 0. The van der Waals surface area contributed by atoms with Crippen molar-refractivity contribution in [3.8, 4) is 11.3 Å². The SMILES string of the molecule is Clc1cc(-c2ccccc2)ns1. The predicted molar refractivity (Wildman–Crippen MR) is 52.6 cm³/mol. The highest BCUT2D eigenvalue weighted by atomic mass is 35.5. The summed E-state index contributed by atoms with van der Waals surface area (Å²) in [6, 6.07) is 11.9. The first-order chi connectivity index (χ1) is 5.86. The van der Waals surface area contributed by atoms with Gasteiger partial charge in [-0.2, -0.15) is 4.37 Å². The minimum atomic E-state index is 0.730. The maximum absolute atomic E-state index is 5.77. The standard InChI is InChI=1S/C9H6ClNS/c10-9-6-8(11-12-9)7-4-2-1-3-5-7/h1-6H. The van der Waals surface area contributed by atoms with Gasteiger partial charge in [-0.05, 0) is 17.6 Å². The highest BCUT2D eigenvalue weighted by molar-refractivity contribution is 7.10. The fourth-order valence-corrected chi connectivity index (χ4v) is 1.71. The van der Waals surface area contributed by atoms with E-state index in [1.807, 2.05) is 36.4 Å². The zero-order chi connectivity index (χ0) is 8.39. The van der Waals surface area contributed by atoms with Gasteiger partial charge < -0.3 is 0 Å². The van der Waals surface area contributed by atoms with Crippen molar-refractivity contribution in [1.82, 2.24) is 4.37 Å². The molecular weight excluding hydrogens is 190 g/mol. The van der Waals surface area contributed by atoms with Gasteiger partial charge >= 0.3 is 0 Å². The van der Waals surface area contributed by atoms with Crippen molar-refractivity contribution in [3.05, 3.63) is 40.7 Å². The molecule has 3 heteroatoms. The normalized spacial score (nSPS) is 10.1. The maximum atomic E-state index is 5.77. The van der Waals surface area contributed by atoms with E-state index in [2.05, 4.69) is 4.37 Å². The summed E-state index contributed by atoms with van der Waals surface area (Å²) in [5.74, 6) is 0. The quantitative estimate of drug-likeness (QED) is 0.679. The second-order valence-electron chi connectivity index (χ2n) is 2.38. The third-order valence-electron chi connectivity index (χ3n) is 1.55. The predicted octanol–water partition coefficient (Wildman–Crippen LogP) is 3.46. The Kier molecular flexibility index (Phi) is 2.11. The lowest BCUT2D eigenvalue weighted by Gasteiger charge is -1.92. The van der Waals surface area contributed by atoms with E-state index >= 15 is 0 Å². The summed E-state index contributed by atoms with van der Waals surface area (Å²) >= 11 is 7.08. The summed E-state index contributed by atoms with van der Waals surface area (Å²) in [6.07, 6.45) is 0. The van der Waals surface area contributed by atoms with Crippen LogP contribution in [-0.2, 0) is 0 Å². The van der Waals surface area contributed by atoms with Crippen LogP contribution in [0.25, 0.3) is 11.3 Å². The van der Waals surface area contributed by atoms with E-state index in [0.29, 0.717) is 0 Å². The molecule has 1 aromatic heterocycles. The second-order valence-corrected chi connectivity index (χ2v) is 3.82. The van der Waals surface area contributed by atoms with E-state index in [1.54, 1.807) is 0 Å². The minimum Gasteiger partial charge on any atom is -0.191 e. The molecule has 0 fully saturated rings. The van der Waals surface area contributed by atoms with Crippen LogP contribution in [-0.4, -0.2) is 4.37 Å². The Labute approximate surface area is 79.8 Å². The lowest BCUT2D eigenvalue weighted by atomic mass is 10.2. The molecule has 0 saturated carbocycles. The molecule has 1 aromatic carbocycles. The average molecular weight is 196 g/mol. The van der Waals surface area contributed by atoms with Gasteiger partial charge in [0, 0.05) is 5.56 Å². The monoisotopic (exact) mass is 195 g/mol. The molecule has 2 aromatic rings. The molecule has 0 aliphatic heterocycles. The van der Waals surface area contributed by atoms with E-state index in [4.69, 9.17) is 11.6 Å². The first-order valence-corrected chi connectivity index (χ1v) is 4.69. The number of rotatable bonds is 1. The van der Waals surface area contributed by atoms with Crippen LogP contribution in [0.2, 0.25) is 4.34 Å². The summed E-state index contributed by atoms with van der Waals surface area (Å²) < 4.78 is 4.93. The fourth-order valence-electron chi connectivity index (χ4n) is 0.998. The van der Waals surface area contributed by atoms with Gasteiger partial charge in [0.2, 0.25) is 0 Å². The number of halogens is 1. The van der Waals surface area contributed by atoms with Crippen molar-refractivity contribution in [1.29, 1.82) is 0 Å². The number of nitrogens with zero attached hydrogens (tertiary/aromatic N) is 1. The Bertz CT molecular complexity index is 369. The van der Waals surface area contributed by atoms with E-state index in [1.165, 1.54) is 11.5 Å². The van der Waals surface area contributed by atoms with Crippen LogP contribution in [0, 0.1) is 0 Å². The molecule has 1 nitrogen and oxygen atoms in total. The van der Waals surface area contributed by atoms with E-state index in [0.717, 1.165) is 15.6 Å². The highest BCUT2D eigenvalue weighted by Crippen LogP contribution is 2.24. The average Bonchev–Trinajstić information content (AvgIpc) is 2.54. The third-order valence-corrected chi connectivity index (χ3v) is 2.45. The van der Waals surface area contributed by atoms with Crippen LogP contribution in [0.5, 0.6) is 0 Å². The highest BCUT2D eigenvalue weighted by Gasteiger charge is 2.00. The van der Waals surface area contributed by atoms with Crippen molar-refractivity contribution < 1.29 is 0 Å². The summed E-state index contributed by atoms with van der Waals surface area (Å²) in [4.78, 5) is 0. The molecule has 2 rings (SSSR count). The zero-order valence-electron chi connectivity index (χ0n) is 6.20.